The molecule has 1 fully saturated rings. The molecule has 0 bridgehead atoms. The third kappa shape index (κ3) is 2.68. The molecule has 1 aliphatic heterocycles. The molecule has 2 heterocycles. The molecule has 0 spiro atoms. The maximum absolute atomic E-state index is 13.3. The molecule has 0 aromatic carbocycles. The molecule has 6 nitrogen and oxygen atoms in total. The van der Waals surface area contributed by atoms with Crippen molar-refractivity contribution in [2.45, 2.75) is 6.04 Å². The van der Waals surface area contributed by atoms with Gasteiger partial charge in [0.15, 0.2) is 5.82 Å². The lowest BCUT2D eigenvalue weighted by Gasteiger charge is -2.15. The molecule has 0 saturated carbocycles. The number of rotatable bonds is 3. The molecule has 1 aromatic rings. The summed E-state index contributed by atoms with van der Waals surface area (Å²) in [5.41, 5.74) is -0.525. The van der Waals surface area contributed by atoms with Crippen LogP contribution in [0.2, 0.25) is 0 Å². The monoisotopic (exact) mass is 272 g/mol. The average Bonchev–Trinajstić information content (AvgIpc) is 2.80. The van der Waals surface area contributed by atoms with Gasteiger partial charge in [-0.25, -0.2) is 9.37 Å². The summed E-state index contributed by atoms with van der Waals surface area (Å²) in [5, 5.41) is 11.2. The van der Waals surface area contributed by atoms with Gasteiger partial charge in [-0.15, -0.1) is 0 Å². The number of aromatic nitrogens is 1. The van der Waals surface area contributed by atoms with Gasteiger partial charge in [0.05, 0.1) is 24.8 Å². The van der Waals surface area contributed by atoms with E-state index in [0.29, 0.717) is 0 Å². The van der Waals surface area contributed by atoms with Crippen molar-refractivity contribution in [2.24, 2.45) is 5.92 Å². The first kappa shape index (κ1) is 13.3. The van der Waals surface area contributed by atoms with Gasteiger partial charge in [-0.1, -0.05) is 0 Å². The number of amides is 1. The van der Waals surface area contributed by atoms with Crippen molar-refractivity contribution in [1.82, 2.24) is 10.3 Å². The van der Waals surface area contributed by atoms with E-state index in [9.17, 15) is 18.4 Å². The largest absolute Gasteiger partial charge is 0.481 e. The molecule has 1 saturated heterocycles. The molecular formula is C11H10F2N2O4. The molecule has 19 heavy (non-hydrogen) atoms. The summed E-state index contributed by atoms with van der Waals surface area (Å²) >= 11 is 0. The van der Waals surface area contributed by atoms with Crippen LogP contribution in [0.3, 0.4) is 0 Å². The highest BCUT2D eigenvalue weighted by Crippen LogP contribution is 2.15. The van der Waals surface area contributed by atoms with Gasteiger partial charge in [-0.05, 0) is 6.07 Å². The molecule has 2 rings (SSSR count). The fourth-order valence-corrected chi connectivity index (χ4v) is 1.78. The second-order valence-corrected chi connectivity index (χ2v) is 4.03. The van der Waals surface area contributed by atoms with E-state index in [1.165, 1.54) is 0 Å². The van der Waals surface area contributed by atoms with Crippen molar-refractivity contribution >= 4 is 11.9 Å². The number of aliphatic carboxylic acids is 1. The molecule has 8 heteroatoms. The van der Waals surface area contributed by atoms with Crippen LogP contribution in [0, 0.1) is 17.7 Å². The molecule has 2 unspecified atom stereocenters. The minimum absolute atomic E-state index is 0.0118. The normalized spacial score (nSPS) is 22.2. The van der Waals surface area contributed by atoms with Gasteiger partial charge in [-0.2, -0.15) is 4.39 Å². The average molecular weight is 272 g/mol. The zero-order valence-corrected chi connectivity index (χ0v) is 9.60. The number of carboxylic acid groups (broad SMARTS) is 1. The minimum Gasteiger partial charge on any atom is -0.481 e. The maximum atomic E-state index is 13.3. The number of nitrogens with zero attached hydrogens (tertiary/aromatic N) is 1. The van der Waals surface area contributed by atoms with Gasteiger partial charge < -0.3 is 15.2 Å². The minimum atomic E-state index is -1.38. The number of nitrogens with one attached hydrogen (secondary N) is 1. The van der Waals surface area contributed by atoms with Crippen molar-refractivity contribution < 1.29 is 28.2 Å². The fourth-order valence-electron chi connectivity index (χ4n) is 1.78. The smallest absolute Gasteiger partial charge is 0.311 e. The van der Waals surface area contributed by atoms with Crippen LogP contribution in [-0.4, -0.2) is 41.2 Å². The van der Waals surface area contributed by atoms with E-state index in [2.05, 4.69) is 10.3 Å². The number of hydrogen-bond acceptors (Lipinski definition) is 4. The second kappa shape index (κ2) is 5.27. The summed E-state index contributed by atoms with van der Waals surface area (Å²) in [6.45, 7) is -0.0225. The van der Waals surface area contributed by atoms with Gasteiger partial charge in [0.2, 0.25) is 5.95 Å². The van der Waals surface area contributed by atoms with E-state index in [0.717, 1.165) is 12.3 Å². The SMILES string of the molecule is O=C(NC1COCC1C(=O)O)c1ccnc(F)c1F. The van der Waals surface area contributed by atoms with Crippen LogP contribution in [0.25, 0.3) is 0 Å². The summed E-state index contributed by atoms with van der Waals surface area (Å²) in [7, 11) is 0. The van der Waals surface area contributed by atoms with Crippen LogP contribution in [0.15, 0.2) is 12.3 Å². The predicted molar refractivity (Wildman–Crippen MR) is 57.4 cm³/mol. The first-order chi connectivity index (χ1) is 9.00. The van der Waals surface area contributed by atoms with Crippen LogP contribution >= 0.6 is 0 Å². The Bertz CT molecular complexity index is 523. The van der Waals surface area contributed by atoms with E-state index in [1.807, 2.05) is 0 Å². The van der Waals surface area contributed by atoms with Crippen LogP contribution in [0.5, 0.6) is 0 Å². The Kier molecular flexibility index (Phi) is 3.70. The number of carbonyl (C=O) groups is 2. The van der Waals surface area contributed by atoms with Crippen molar-refractivity contribution in [3.05, 3.63) is 29.6 Å². The molecule has 1 aliphatic rings. The van der Waals surface area contributed by atoms with E-state index in [1.54, 1.807) is 0 Å². The number of ether oxygens (including phenoxy) is 1. The maximum Gasteiger partial charge on any atom is 0.311 e. The van der Waals surface area contributed by atoms with Crippen molar-refractivity contribution in [2.75, 3.05) is 13.2 Å². The highest BCUT2D eigenvalue weighted by atomic mass is 19.2. The summed E-state index contributed by atoms with van der Waals surface area (Å²) in [6, 6.07) is 0.236. The van der Waals surface area contributed by atoms with Crippen LogP contribution in [-0.2, 0) is 9.53 Å². The Balaban J connectivity index is 2.13. The van der Waals surface area contributed by atoms with E-state index < -0.39 is 41.2 Å². The van der Waals surface area contributed by atoms with Crippen LogP contribution in [0.1, 0.15) is 10.4 Å². The molecule has 1 aromatic heterocycles. The third-order valence-corrected chi connectivity index (χ3v) is 2.81. The first-order valence-corrected chi connectivity index (χ1v) is 5.42. The van der Waals surface area contributed by atoms with E-state index in [-0.39, 0.29) is 13.2 Å². The molecule has 0 aliphatic carbocycles. The fraction of sp³-hybridized carbons (Fsp3) is 0.364. The van der Waals surface area contributed by atoms with Crippen LogP contribution < -0.4 is 5.32 Å². The number of pyridine rings is 1. The quantitative estimate of drug-likeness (QED) is 0.767. The molecule has 2 atom stereocenters. The highest BCUT2D eigenvalue weighted by molar-refractivity contribution is 5.94. The van der Waals surface area contributed by atoms with Gasteiger partial charge >= 0.3 is 5.97 Å². The lowest BCUT2D eigenvalue weighted by Crippen LogP contribution is -2.43. The lowest BCUT2D eigenvalue weighted by molar-refractivity contribution is -0.142. The Labute approximate surface area is 106 Å². The topological polar surface area (TPSA) is 88.5 Å². The standard InChI is InChI=1S/C11H10F2N2O4/c12-8-5(1-2-14-9(8)13)10(16)15-7-4-19-3-6(7)11(17)18/h1-2,6-7H,3-4H2,(H,15,16)(H,17,18). The number of carbonyl (C=O) groups excluding carboxylic acids is 1. The molecule has 102 valence electrons. The lowest BCUT2D eigenvalue weighted by atomic mass is 10.0. The molecular weight excluding hydrogens is 262 g/mol. The Morgan fingerprint density at radius 2 is 2.16 bits per heavy atom. The Morgan fingerprint density at radius 3 is 2.84 bits per heavy atom. The van der Waals surface area contributed by atoms with E-state index >= 15 is 0 Å². The summed E-state index contributed by atoms with van der Waals surface area (Å²) in [4.78, 5) is 25.7. The number of halogens is 2. The predicted octanol–water partition coefficient (Wildman–Crippen LogP) is 0.189. The zero-order valence-electron chi connectivity index (χ0n) is 9.60. The first-order valence-electron chi connectivity index (χ1n) is 5.42. The summed E-state index contributed by atoms with van der Waals surface area (Å²) in [6.07, 6.45) is 0.952. The van der Waals surface area contributed by atoms with E-state index in [4.69, 9.17) is 9.84 Å². The zero-order chi connectivity index (χ0) is 14.0. The molecule has 0 radical (unpaired) electrons. The Morgan fingerprint density at radius 1 is 1.42 bits per heavy atom. The van der Waals surface area contributed by atoms with Gasteiger partial charge in [-0.3, -0.25) is 9.59 Å². The highest BCUT2D eigenvalue weighted by Gasteiger charge is 2.35. The number of carboxylic acids is 1. The van der Waals surface area contributed by atoms with Gasteiger partial charge in [0.25, 0.3) is 5.91 Å². The van der Waals surface area contributed by atoms with Crippen molar-refractivity contribution in [3.8, 4) is 0 Å². The second-order valence-electron chi connectivity index (χ2n) is 4.03. The number of hydrogen-bond donors (Lipinski definition) is 2. The van der Waals surface area contributed by atoms with Gasteiger partial charge in [0, 0.05) is 6.20 Å². The third-order valence-electron chi connectivity index (χ3n) is 2.81. The summed E-state index contributed by atoms with van der Waals surface area (Å²) in [5.74, 6) is -5.68. The molecule has 1 amide bonds. The van der Waals surface area contributed by atoms with Crippen LogP contribution in [0.4, 0.5) is 8.78 Å². The van der Waals surface area contributed by atoms with Crippen molar-refractivity contribution in [3.63, 3.8) is 0 Å². The summed E-state index contributed by atoms with van der Waals surface area (Å²) < 4.78 is 31.2. The molecule has 2 N–H and O–H groups in total. The van der Waals surface area contributed by atoms with Gasteiger partial charge in [0.1, 0.15) is 5.92 Å². The van der Waals surface area contributed by atoms with Crippen molar-refractivity contribution in [1.29, 1.82) is 0 Å². The Hall–Kier alpha value is -2.09.